The summed E-state index contributed by atoms with van der Waals surface area (Å²) < 4.78 is 23.4. The smallest absolute Gasteiger partial charge is 0.282 e. The third-order valence-corrected chi connectivity index (χ3v) is 9.37. The van der Waals surface area contributed by atoms with Crippen LogP contribution >= 0.6 is 0 Å². The molecule has 5 aromatic rings. The molecule has 3 aromatic heterocycles. The summed E-state index contributed by atoms with van der Waals surface area (Å²) in [5.74, 6) is -0.399. The summed E-state index contributed by atoms with van der Waals surface area (Å²) >= 11 is 0. The minimum Gasteiger partial charge on any atom is -0.392 e. The van der Waals surface area contributed by atoms with Crippen molar-refractivity contribution in [3.8, 4) is 16.8 Å². The number of nitrogens with zero attached hydrogens (tertiary/aromatic N) is 5. The summed E-state index contributed by atoms with van der Waals surface area (Å²) in [5.41, 5.74) is 6.57. The van der Waals surface area contributed by atoms with E-state index in [-0.39, 0.29) is 35.1 Å². The molecule has 1 saturated heterocycles. The molecule has 0 radical (unpaired) electrons. The number of aliphatic hydroxyl groups excluding tert-OH is 1. The van der Waals surface area contributed by atoms with Crippen LogP contribution < -0.4 is 16.5 Å². The number of hydrogen-bond acceptors (Lipinski definition) is 8. The molecule has 1 aliphatic carbocycles. The van der Waals surface area contributed by atoms with Gasteiger partial charge in [-0.15, -0.1) is 0 Å². The van der Waals surface area contributed by atoms with Gasteiger partial charge in [-0.25, -0.2) is 14.1 Å². The zero-order chi connectivity index (χ0) is 34.6. The van der Waals surface area contributed by atoms with Gasteiger partial charge in [0.05, 0.1) is 42.2 Å². The number of morpholine rings is 1. The number of carbonyl (C=O) groups is 1. The first-order chi connectivity index (χ1) is 23.4. The van der Waals surface area contributed by atoms with Crippen LogP contribution in [-0.2, 0) is 23.0 Å². The molecule has 4 heterocycles. The Labute approximate surface area is 281 Å². The van der Waals surface area contributed by atoms with Gasteiger partial charge < -0.3 is 14.7 Å². The van der Waals surface area contributed by atoms with Gasteiger partial charge in [-0.1, -0.05) is 32.9 Å². The molecule has 1 atom stereocenters. The Kier molecular flexibility index (Phi) is 8.16. The van der Waals surface area contributed by atoms with Crippen molar-refractivity contribution in [2.75, 3.05) is 31.7 Å². The van der Waals surface area contributed by atoms with Crippen molar-refractivity contribution in [1.29, 1.82) is 0 Å². The van der Waals surface area contributed by atoms with Gasteiger partial charge in [0.2, 0.25) is 0 Å². The number of ether oxygens (including phenoxy) is 1. The highest BCUT2D eigenvalue weighted by Crippen LogP contribution is 2.36. The maximum absolute atomic E-state index is 15.5. The number of benzene rings is 2. The Balaban J connectivity index is 1.29. The highest BCUT2D eigenvalue weighted by Gasteiger charge is 2.27. The van der Waals surface area contributed by atoms with Gasteiger partial charge in [-0.3, -0.25) is 19.8 Å². The van der Waals surface area contributed by atoms with E-state index in [2.05, 4.69) is 15.5 Å². The van der Waals surface area contributed by atoms with E-state index in [4.69, 9.17) is 4.74 Å². The van der Waals surface area contributed by atoms with Crippen molar-refractivity contribution in [2.45, 2.75) is 52.1 Å². The molecule has 12 heteroatoms. The highest BCUT2D eigenvalue weighted by molar-refractivity contribution is 5.94. The molecule has 2 N–H and O–H groups in total. The molecule has 1 amide bonds. The summed E-state index contributed by atoms with van der Waals surface area (Å²) in [6.07, 6.45) is 4.16. The Morgan fingerprint density at radius 3 is 2.47 bits per heavy atom. The number of rotatable bonds is 4. The van der Waals surface area contributed by atoms with E-state index < -0.39 is 17.5 Å². The third-order valence-electron chi connectivity index (χ3n) is 9.37. The van der Waals surface area contributed by atoms with Gasteiger partial charge in [-0.05, 0) is 71.3 Å². The fraction of sp³-hybridized carbons (Fsp3) is 0.324. The van der Waals surface area contributed by atoms with Crippen LogP contribution in [0.15, 0.2) is 70.6 Å². The Morgan fingerprint density at radius 1 is 1.00 bits per heavy atom. The van der Waals surface area contributed by atoms with E-state index >= 15 is 4.39 Å². The Morgan fingerprint density at radius 2 is 1.76 bits per heavy atom. The number of aromatic nitrogens is 4. The molecule has 1 fully saturated rings. The molecular weight excluding hydrogens is 627 g/mol. The van der Waals surface area contributed by atoms with E-state index in [9.17, 15) is 19.5 Å². The van der Waals surface area contributed by atoms with E-state index in [1.165, 1.54) is 27.8 Å². The molecule has 252 valence electrons. The molecule has 0 spiro atoms. The van der Waals surface area contributed by atoms with Crippen molar-refractivity contribution in [3.63, 3.8) is 0 Å². The Bertz CT molecular complexity index is 2230. The van der Waals surface area contributed by atoms with E-state index in [0.717, 1.165) is 5.56 Å². The minimum atomic E-state index is -0.858. The number of aliphatic hydroxyl groups is 1. The second kappa shape index (κ2) is 12.4. The second-order valence-corrected chi connectivity index (χ2v) is 13.7. The molecule has 2 aromatic carbocycles. The zero-order valence-electron chi connectivity index (χ0n) is 27.8. The van der Waals surface area contributed by atoms with Crippen LogP contribution in [0.5, 0.6) is 0 Å². The monoisotopic (exact) mass is 664 g/mol. The van der Waals surface area contributed by atoms with E-state index in [0.29, 0.717) is 76.6 Å². The largest absolute Gasteiger partial charge is 0.392 e. The third kappa shape index (κ3) is 5.91. The van der Waals surface area contributed by atoms with Crippen LogP contribution in [0.3, 0.4) is 0 Å². The highest BCUT2D eigenvalue weighted by atomic mass is 19.1. The topological polar surface area (TPSA) is 132 Å². The summed E-state index contributed by atoms with van der Waals surface area (Å²) in [6.45, 7) is 9.66. The molecule has 0 bridgehead atoms. The van der Waals surface area contributed by atoms with Crippen LogP contribution in [0.1, 0.15) is 53.4 Å². The predicted molar refractivity (Wildman–Crippen MR) is 184 cm³/mol. The van der Waals surface area contributed by atoms with Crippen molar-refractivity contribution in [1.82, 2.24) is 24.3 Å². The van der Waals surface area contributed by atoms with Gasteiger partial charge in [0, 0.05) is 48.4 Å². The molecule has 1 aliphatic heterocycles. The fourth-order valence-corrected chi connectivity index (χ4v) is 6.64. The summed E-state index contributed by atoms with van der Waals surface area (Å²) in [6, 6.07) is 11.9. The van der Waals surface area contributed by atoms with Crippen molar-refractivity contribution in [2.24, 2.45) is 0 Å². The van der Waals surface area contributed by atoms with Crippen LogP contribution in [-0.4, -0.2) is 67.8 Å². The predicted octanol–water partition coefficient (Wildman–Crippen LogP) is 4.16. The van der Waals surface area contributed by atoms with Gasteiger partial charge in [0.1, 0.15) is 11.6 Å². The van der Waals surface area contributed by atoms with E-state index in [1.54, 1.807) is 48.4 Å². The SMILES string of the molecule is Cc1c2c(cn(Nc3ccc(C(=O)N4CCOCC4)cn3)c1=O)-c1cccc(-n3ncc4cc(C(C)(C)C)cc(F)c4c3=O)c1CC(O)C2. The first kappa shape index (κ1) is 32.4. The average molecular weight is 665 g/mol. The number of amides is 1. The fourth-order valence-electron chi connectivity index (χ4n) is 6.64. The lowest BCUT2D eigenvalue weighted by Gasteiger charge is -2.26. The maximum Gasteiger partial charge on any atom is 0.282 e. The van der Waals surface area contributed by atoms with Gasteiger partial charge in [0.15, 0.2) is 0 Å². The van der Waals surface area contributed by atoms with Gasteiger partial charge in [-0.2, -0.15) is 9.78 Å². The van der Waals surface area contributed by atoms with Crippen molar-refractivity contribution < 1.29 is 19.0 Å². The number of anilines is 1. The van der Waals surface area contributed by atoms with Crippen LogP contribution in [0.25, 0.3) is 27.6 Å². The molecule has 7 rings (SSSR count). The lowest BCUT2D eigenvalue weighted by Crippen LogP contribution is -2.40. The van der Waals surface area contributed by atoms with Crippen LogP contribution in [0.2, 0.25) is 0 Å². The van der Waals surface area contributed by atoms with Crippen LogP contribution in [0.4, 0.5) is 10.2 Å². The molecule has 0 saturated carbocycles. The van der Waals surface area contributed by atoms with Crippen LogP contribution in [0, 0.1) is 12.7 Å². The zero-order valence-corrected chi connectivity index (χ0v) is 27.8. The lowest BCUT2D eigenvalue weighted by molar-refractivity contribution is 0.0302. The number of nitrogens with one attached hydrogen (secondary N) is 1. The number of hydrogen-bond donors (Lipinski definition) is 2. The average Bonchev–Trinajstić information content (AvgIpc) is 3.23. The minimum absolute atomic E-state index is 0.0609. The van der Waals surface area contributed by atoms with Gasteiger partial charge >= 0.3 is 0 Å². The van der Waals surface area contributed by atoms with Gasteiger partial charge in [0.25, 0.3) is 17.0 Å². The van der Waals surface area contributed by atoms with E-state index in [1.807, 2.05) is 26.8 Å². The number of halogens is 1. The summed E-state index contributed by atoms with van der Waals surface area (Å²) in [5, 5.41) is 16.0. The quantitative estimate of drug-likeness (QED) is 0.293. The lowest BCUT2D eigenvalue weighted by atomic mass is 9.86. The number of fused-ring (bicyclic) bond motifs is 4. The summed E-state index contributed by atoms with van der Waals surface area (Å²) in [4.78, 5) is 46.4. The first-order valence-corrected chi connectivity index (χ1v) is 16.3. The first-order valence-electron chi connectivity index (χ1n) is 16.3. The standard InChI is InChI=1S/C37H37FN6O5/c1-21-27-16-25(45)17-28-26(6-5-7-31(28)44-36(48)33-23(19-40-44)14-24(15-30(33)38)37(2,3)4)29(27)20-43(34(21)46)41-32-9-8-22(18-39-32)35(47)42-10-12-49-13-11-42/h5-9,14-15,18-20,25,45H,10-13,16-17H2,1-4H3,(H,39,41). The maximum atomic E-state index is 15.5. The molecule has 11 nitrogen and oxygen atoms in total. The number of pyridine rings is 2. The molecule has 1 unspecified atom stereocenters. The van der Waals surface area contributed by atoms with Crippen molar-refractivity contribution in [3.05, 3.63) is 115 Å². The second-order valence-electron chi connectivity index (χ2n) is 13.7. The number of carbonyl (C=O) groups excluding carboxylic acids is 1. The molecular formula is C37H37FN6O5. The molecule has 2 aliphatic rings. The Hall–Kier alpha value is -5.20. The molecule has 49 heavy (non-hydrogen) atoms. The normalized spacial score (nSPS) is 16.2. The van der Waals surface area contributed by atoms with Crippen molar-refractivity contribution >= 4 is 22.5 Å². The summed E-state index contributed by atoms with van der Waals surface area (Å²) in [7, 11) is 0.